The lowest BCUT2D eigenvalue weighted by molar-refractivity contribution is -0.376. The predicted octanol–water partition coefficient (Wildman–Crippen LogP) is 7.67. The Kier molecular flexibility index (Phi) is 17.0. The third kappa shape index (κ3) is 12.4. The maximum Gasteiger partial charge on any atom is 0.430 e. The monoisotopic (exact) mass is 784 g/mol. The molecule has 1 aromatic rings. The number of halogens is 12. The first-order valence-corrected chi connectivity index (χ1v) is 15.6. The van der Waals surface area contributed by atoms with Gasteiger partial charge in [-0.3, -0.25) is 9.59 Å². The minimum Gasteiger partial charge on any atom is -0.462 e. The number of benzene rings is 1. The van der Waals surface area contributed by atoms with Gasteiger partial charge >= 0.3 is 36.6 Å². The molecule has 8 nitrogen and oxygen atoms in total. The Labute approximate surface area is 292 Å². The molecule has 1 heterocycles. The molecule has 0 amide bonds. The van der Waals surface area contributed by atoms with Crippen LogP contribution in [0.5, 0.6) is 0 Å². The van der Waals surface area contributed by atoms with Gasteiger partial charge in [-0.2, -0.15) is 52.7 Å². The van der Waals surface area contributed by atoms with E-state index in [-0.39, 0.29) is 29.8 Å². The van der Waals surface area contributed by atoms with Gasteiger partial charge in [-0.25, -0.2) is 0 Å². The third-order valence-electron chi connectivity index (χ3n) is 8.54. The Hall–Kier alpha value is -2.84. The van der Waals surface area contributed by atoms with Crippen molar-refractivity contribution in [2.75, 3.05) is 26.4 Å². The van der Waals surface area contributed by atoms with E-state index in [1.807, 2.05) is 27.7 Å². The van der Waals surface area contributed by atoms with Crippen LogP contribution in [0.2, 0.25) is 0 Å². The molecule has 2 rings (SSSR count). The second-order valence-corrected chi connectivity index (χ2v) is 12.9. The fourth-order valence-electron chi connectivity index (χ4n) is 3.44. The number of carbonyl (C=O) groups is 2. The van der Waals surface area contributed by atoms with Crippen molar-refractivity contribution in [3.05, 3.63) is 35.4 Å². The molecule has 0 aromatic heterocycles. The number of hydrogen-bond acceptors (Lipinski definition) is 8. The van der Waals surface area contributed by atoms with Crippen molar-refractivity contribution in [1.82, 2.24) is 0 Å². The molecule has 20 heteroatoms. The second kappa shape index (κ2) is 18.0. The Morgan fingerprint density at radius 2 is 1.21 bits per heavy atom. The summed E-state index contributed by atoms with van der Waals surface area (Å²) in [7, 11) is 0. The van der Waals surface area contributed by atoms with Gasteiger partial charge in [-0.05, 0) is 51.5 Å². The molecule has 1 aromatic carbocycles. The zero-order valence-corrected chi connectivity index (χ0v) is 29.3. The molecule has 3 unspecified atom stereocenters. The minimum absolute atomic E-state index is 0.00826. The summed E-state index contributed by atoms with van der Waals surface area (Å²) in [6.45, 7) is 9.91. The molecule has 3 atom stereocenters. The van der Waals surface area contributed by atoms with Gasteiger partial charge in [0.25, 0.3) is 11.2 Å². The summed E-state index contributed by atoms with van der Waals surface area (Å²) in [5, 5.41) is 26.8. The average molecular weight is 785 g/mol. The Morgan fingerprint density at radius 1 is 0.769 bits per heavy atom. The minimum atomic E-state index is -6.06. The summed E-state index contributed by atoms with van der Waals surface area (Å²) in [5.41, 5.74) is -12.6. The van der Waals surface area contributed by atoms with Crippen molar-refractivity contribution in [1.29, 1.82) is 0 Å². The summed E-state index contributed by atoms with van der Waals surface area (Å²) in [6, 6.07) is 3.68. The maximum absolute atomic E-state index is 12.6. The van der Waals surface area contributed by atoms with E-state index in [0.29, 0.717) is 30.7 Å². The first kappa shape index (κ1) is 49.2. The molecule has 0 radical (unpaired) electrons. The fraction of sp³-hybridized carbons (Fsp3) is 0.750. The molecule has 0 saturated carbocycles. The van der Waals surface area contributed by atoms with Gasteiger partial charge in [0.15, 0.2) is 0 Å². The van der Waals surface area contributed by atoms with Crippen molar-refractivity contribution in [2.45, 2.75) is 116 Å². The summed E-state index contributed by atoms with van der Waals surface area (Å²) >= 11 is 0. The van der Waals surface area contributed by atoms with Crippen LogP contribution in [0.4, 0.5) is 52.7 Å². The lowest BCUT2D eigenvalue weighted by Gasteiger charge is -2.33. The highest BCUT2D eigenvalue weighted by molar-refractivity contribution is 5.76. The maximum atomic E-state index is 12.6. The molecule has 0 spiro atoms. The molecule has 1 saturated heterocycles. The molecular weight excluding hydrogens is 740 g/mol. The van der Waals surface area contributed by atoms with Crippen LogP contribution in [0.15, 0.2) is 24.3 Å². The van der Waals surface area contributed by atoms with Gasteiger partial charge in [0, 0.05) is 5.56 Å². The number of aliphatic hydroxyl groups excluding tert-OH is 1. The number of carbonyl (C=O) groups excluding carboxylic acids is 2. The van der Waals surface area contributed by atoms with E-state index in [4.69, 9.17) is 19.7 Å². The second-order valence-electron chi connectivity index (χ2n) is 12.9. The van der Waals surface area contributed by atoms with Crippen molar-refractivity contribution >= 4 is 11.9 Å². The van der Waals surface area contributed by atoms with Crippen LogP contribution >= 0.6 is 0 Å². The standard InChI is InChI=1S/C13H14F6O.C10H14F6O4.C9H16O3/c1-3-8(2)9-4-6-10(7-5-9)11(20,12(14,15)16)13(17,18)19;1-3-7(2,4-17)6(18)20-5-8(19,9(11,12)13)10(14,15)16;1-4-9(2,3)8(10)12-6-7-5-11-7/h4-8,20H,3H2,1-2H3;17,19H,3-5H2,1-2H3;7H,4-6H2,1-3H3. The van der Waals surface area contributed by atoms with Crippen molar-refractivity contribution in [3.63, 3.8) is 0 Å². The van der Waals surface area contributed by atoms with E-state index in [9.17, 15) is 67.4 Å². The van der Waals surface area contributed by atoms with Crippen molar-refractivity contribution < 1.29 is 91.8 Å². The zero-order valence-electron chi connectivity index (χ0n) is 29.3. The van der Waals surface area contributed by atoms with Gasteiger partial charge in [0.05, 0.1) is 24.0 Å². The average Bonchev–Trinajstić information content (AvgIpc) is 3.88. The topological polar surface area (TPSA) is 126 Å². The largest absolute Gasteiger partial charge is 0.462 e. The summed E-state index contributed by atoms with van der Waals surface area (Å²) in [4.78, 5) is 22.7. The molecule has 1 fully saturated rings. The Bertz CT molecular complexity index is 1240. The highest BCUT2D eigenvalue weighted by atomic mass is 19.4. The van der Waals surface area contributed by atoms with Crippen molar-refractivity contribution in [3.8, 4) is 0 Å². The van der Waals surface area contributed by atoms with E-state index in [1.165, 1.54) is 19.1 Å². The van der Waals surface area contributed by atoms with E-state index in [0.717, 1.165) is 20.0 Å². The molecular formula is C32H44F12O8. The fourth-order valence-corrected chi connectivity index (χ4v) is 3.44. The molecule has 1 aliphatic rings. The quantitative estimate of drug-likeness (QED) is 0.112. The number of ether oxygens (including phenoxy) is 3. The van der Waals surface area contributed by atoms with Gasteiger partial charge < -0.3 is 29.5 Å². The Morgan fingerprint density at radius 3 is 1.52 bits per heavy atom. The smallest absolute Gasteiger partial charge is 0.430 e. The molecule has 0 bridgehead atoms. The lowest BCUT2D eigenvalue weighted by atomic mass is 9.89. The zero-order chi connectivity index (χ0) is 41.4. The summed E-state index contributed by atoms with van der Waals surface area (Å²) in [6.07, 6.45) is -22.2. The van der Waals surface area contributed by atoms with Crippen LogP contribution in [0.25, 0.3) is 0 Å². The number of alkyl halides is 12. The van der Waals surface area contributed by atoms with E-state index >= 15 is 0 Å². The van der Waals surface area contributed by atoms with Crippen LogP contribution in [0.3, 0.4) is 0 Å². The number of rotatable bonds is 12. The van der Waals surface area contributed by atoms with E-state index in [2.05, 4.69) is 4.74 Å². The summed E-state index contributed by atoms with van der Waals surface area (Å²) in [5.74, 6) is -1.58. The highest BCUT2D eigenvalue weighted by Crippen LogP contribution is 2.50. The predicted molar refractivity (Wildman–Crippen MR) is 159 cm³/mol. The number of hydrogen-bond donors (Lipinski definition) is 3. The van der Waals surface area contributed by atoms with E-state index in [1.54, 1.807) is 6.92 Å². The van der Waals surface area contributed by atoms with E-state index < -0.39 is 66.1 Å². The van der Waals surface area contributed by atoms with Crippen LogP contribution in [-0.2, 0) is 29.4 Å². The normalized spacial score (nSPS) is 17.4. The number of aliphatic hydroxyl groups is 3. The molecule has 52 heavy (non-hydrogen) atoms. The summed E-state index contributed by atoms with van der Waals surface area (Å²) < 4.78 is 164. The van der Waals surface area contributed by atoms with Gasteiger partial charge in [0.1, 0.15) is 19.3 Å². The molecule has 0 aliphatic carbocycles. The van der Waals surface area contributed by atoms with Gasteiger partial charge in [-0.15, -0.1) is 0 Å². The van der Waals surface area contributed by atoms with Crippen LogP contribution in [0, 0.1) is 10.8 Å². The molecule has 304 valence electrons. The van der Waals surface area contributed by atoms with Crippen LogP contribution < -0.4 is 0 Å². The van der Waals surface area contributed by atoms with Crippen LogP contribution in [-0.4, -0.2) is 90.1 Å². The number of esters is 2. The SMILES string of the molecule is CCC(C)(C)C(=O)OCC1CO1.CCC(C)(CO)C(=O)OCC(O)(C(F)(F)F)C(F)(F)F.CCC(C)c1ccc(C(O)(C(F)(F)F)C(F)(F)F)cc1. The van der Waals surface area contributed by atoms with Crippen LogP contribution in [0.1, 0.15) is 84.8 Å². The first-order valence-electron chi connectivity index (χ1n) is 15.6. The molecule has 1 aliphatic heterocycles. The Balaban J connectivity index is 0.000000775. The molecule has 3 N–H and O–H groups in total. The third-order valence-corrected chi connectivity index (χ3v) is 8.54. The lowest BCUT2D eigenvalue weighted by Crippen LogP contribution is -2.60. The van der Waals surface area contributed by atoms with Gasteiger partial charge in [0.2, 0.25) is 0 Å². The highest BCUT2D eigenvalue weighted by Gasteiger charge is 2.72. The number of epoxide rings is 1. The van der Waals surface area contributed by atoms with Crippen molar-refractivity contribution in [2.24, 2.45) is 10.8 Å². The first-order chi connectivity index (χ1) is 23.3. The van der Waals surface area contributed by atoms with Gasteiger partial charge in [-0.1, -0.05) is 52.0 Å².